The number of unbranched alkanes of at least 4 members (excludes halogenated alkanes) is 2. The fraction of sp³-hybridized carbons (Fsp3) is 0.900. The zero-order valence-corrected chi connectivity index (χ0v) is 8.81. The van der Waals surface area contributed by atoms with Crippen molar-refractivity contribution in [1.82, 2.24) is 5.32 Å². The van der Waals surface area contributed by atoms with E-state index in [1.54, 1.807) is 0 Å². The molecule has 0 rings (SSSR count). The third kappa shape index (κ3) is 5.64. The lowest BCUT2D eigenvalue weighted by Crippen LogP contribution is -2.35. The average Bonchev–Trinajstić information content (AvgIpc) is 2.14. The van der Waals surface area contributed by atoms with Crippen LogP contribution in [0.2, 0.25) is 0 Å². The van der Waals surface area contributed by atoms with E-state index < -0.39 is 0 Å². The molecule has 0 aromatic heterocycles. The molecular weight excluding hydrogens is 164 g/mol. The highest BCUT2D eigenvalue weighted by molar-refractivity contribution is 5.78. The van der Waals surface area contributed by atoms with Gasteiger partial charge in [-0.15, -0.1) is 0 Å². The molecule has 0 heterocycles. The smallest absolute Gasteiger partial charge is 0.224 e. The van der Waals surface area contributed by atoms with Crippen LogP contribution in [0.25, 0.3) is 0 Å². The molecular formula is C10H22N2O. The van der Waals surface area contributed by atoms with Crippen LogP contribution in [0.3, 0.4) is 0 Å². The molecule has 0 bridgehead atoms. The average molecular weight is 186 g/mol. The summed E-state index contributed by atoms with van der Waals surface area (Å²) in [5.74, 6) is 0.114. The SMILES string of the molecule is CCCCCNC(=O)C(CC)CN. The molecule has 0 radical (unpaired) electrons. The van der Waals surface area contributed by atoms with Gasteiger partial charge in [0, 0.05) is 19.0 Å². The summed E-state index contributed by atoms with van der Waals surface area (Å²) in [5, 5.41) is 2.90. The van der Waals surface area contributed by atoms with E-state index in [4.69, 9.17) is 5.73 Å². The van der Waals surface area contributed by atoms with Gasteiger partial charge in [-0.05, 0) is 12.8 Å². The highest BCUT2D eigenvalue weighted by atomic mass is 16.1. The maximum Gasteiger partial charge on any atom is 0.224 e. The number of hydrogen-bond acceptors (Lipinski definition) is 2. The first-order valence-corrected chi connectivity index (χ1v) is 5.24. The Morgan fingerprint density at radius 3 is 2.54 bits per heavy atom. The maximum absolute atomic E-state index is 11.4. The Hall–Kier alpha value is -0.570. The molecule has 78 valence electrons. The normalized spacial score (nSPS) is 12.5. The predicted molar refractivity (Wildman–Crippen MR) is 55.4 cm³/mol. The summed E-state index contributed by atoms with van der Waals surface area (Å²) in [7, 11) is 0. The molecule has 0 saturated heterocycles. The zero-order chi connectivity index (χ0) is 10.1. The molecule has 0 fully saturated rings. The second kappa shape index (κ2) is 8.05. The quantitative estimate of drug-likeness (QED) is 0.588. The Morgan fingerprint density at radius 2 is 2.08 bits per heavy atom. The van der Waals surface area contributed by atoms with E-state index in [0.717, 1.165) is 19.4 Å². The molecule has 1 unspecified atom stereocenters. The lowest BCUT2D eigenvalue weighted by Gasteiger charge is -2.12. The fourth-order valence-corrected chi connectivity index (χ4v) is 1.19. The van der Waals surface area contributed by atoms with Crippen molar-refractivity contribution >= 4 is 5.91 Å². The fourth-order valence-electron chi connectivity index (χ4n) is 1.19. The molecule has 3 nitrogen and oxygen atoms in total. The Morgan fingerprint density at radius 1 is 1.38 bits per heavy atom. The van der Waals surface area contributed by atoms with Crippen molar-refractivity contribution in [2.45, 2.75) is 39.5 Å². The predicted octanol–water partition coefficient (Wildman–Crippen LogP) is 1.28. The van der Waals surface area contributed by atoms with E-state index >= 15 is 0 Å². The van der Waals surface area contributed by atoms with Gasteiger partial charge in [0.25, 0.3) is 0 Å². The number of carbonyl (C=O) groups is 1. The summed E-state index contributed by atoms with van der Waals surface area (Å²) in [5.41, 5.74) is 5.45. The van der Waals surface area contributed by atoms with Gasteiger partial charge in [0.2, 0.25) is 5.91 Å². The number of amides is 1. The molecule has 1 amide bonds. The summed E-state index contributed by atoms with van der Waals surface area (Å²) in [6, 6.07) is 0. The van der Waals surface area contributed by atoms with Gasteiger partial charge in [-0.2, -0.15) is 0 Å². The highest BCUT2D eigenvalue weighted by Crippen LogP contribution is 1.99. The lowest BCUT2D eigenvalue weighted by atomic mass is 10.1. The first-order valence-electron chi connectivity index (χ1n) is 5.24. The molecule has 3 heteroatoms. The van der Waals surface area contributed by atoms with Gasteiger partial charge in [0.15, 0.2) is 0 Å². The second-order valence-corrected chi connectivity index (χ2v) is 3.34. The zero-order valence-electron chi connectivity index (χ0n) is 8.81. The van der Waals surface area contributed by atoms with Crippen molar-refractivity contribution < 1.29 is 4.79 Å². The van der Waals surface area contributed by atoms with Crippen LogP contribution in [-0.4, -0.2) is 19.0 Å². The minimum atomic E-state index is 0.00151. The molecule has 0 aliphatic rings. The van der Waals surface area contributed by atoms with E-state index in [0.29, 0.717) is 6.54 Å². The van der Waals surface area contributed by atoms with E-state index in [2.05, 4.69) is 12.2 Å². The number of hydrogen-bond donors (Lipinski definition) is 2. The molecule has 0 saturated carbocycles. The third-order valence-electron chi connectivity index (χ3n) is 2.23. The number of rotatable bonds is 7. The molecule has 3 N–H and O–H groups in total. The van der Waals surface area contributed by atoms with Gasteiger partial charge < -0.3 is 11.1 Å². The summed E-state index contributed by atoms with van der Waals surface area (Å²) in [6.45, 7) is 5.39. The van der Waals surface area contributed by atoms with Gasteiger partial charge in [-0.25, -0.2) is 0 Å². The molecule has 13 heavy (non-hydrogen) atoms. The molecule has 1 atom stereocenters. The van der Waals surface area contributed by atoms with Crippen LogP contribution in [-0.2, 0) is 4.79 Å². The number of nitrogens with one attached hydrogen (secondary N) is 1. The summed E-state index contributed by atoms with van der Waals surface area (Å²) in [4.78, 5) is 11.4. The monoisotopic (exact) mass is 186 g/mol. The Kier molecular flexibility index (Phi) is 7.69. The summed E-state index contributed by atoms with van der Waals surface area (Å²) >= 11 is 0. The Balaban J connectivity index is 3.48. The van der Waals surface area contributed by atoms with Crippen LogP contribution in [0.5, 0.6) is 0 Å². The van der Waals surface area contributed by atoms with Crippen LogP contribution in [0.15, 0.2) is 0 Å². The Bertz CT molecular complexity index is 133. The summed E-state index contributed by atoms with van der Waals surface area (Å²) in [6.07, 6.45) is 4.27. The largest absolute Gasteiger partial charge is 0.356 e. The number of carbonyl (C=O) groups excluding carboxylic acids is 1. The van der Waals surface area contributed by atoms with Crippen LogP contribution in [0.4, 0.5) is 0 Å². The van der Waals surface area contributed by atoms with Crippen LogP contribution >= 0.6 is 0 Å². The highest BCUT2D eigenvalue weighted by Gasteiger charge is 2.12. The topological polar surface area (TPSA) is 55.1 Å². The number of nitrogens with two attached hydrogens (primary N) is 1. The van der Waals surface area contributed by atoms with E-state index in [1.807, 2.05) is 6.92 Å². The first-order chi connectivity index (χ1) is 6.26. The molecule has 0 aliphatic carbocycles. The van der Waals surface area contributed by atoms with E-state index in [1.165, 1.54) is 12.8 Å². The van der Waals surface area contributed by atoms with Crippen LogP contribution < -0.4 is 11.1 Å². The molecule has 0 spiro atoms. The molecule has 0 aromatic rings. The minimum absolute atomic E-state index is 0.00151. The third-order valence-corrected chi connectivity index (χ3v) is 2.23. The lowest BCUT2D eigenvalue weighted by molar-refractivity contribution is -0.124. The van der Waals surface area contributed by atoms with Crippen molar-refractivity contribution in [1.29, 1.82) is 0 Å². The van der Waals surface area contributed by atoms with Gasteiger partial charge >= 0.3 is 0 Å². The van der Waals surface area contributed by atoms with Gasteiger partial charge in [-0.3, -0.25) is 4.79 Å². The van der Waals surface area contributed by atoms with E-state index in [-0.39, 0.29) is 11.8 Å². The molecule has 0 aromatic carbocycles. The first kappa shape index (κ1) is 12.4. The summed E-state index contributed by atoms with van der Waals surface area (Å²) < 4.78 is 0. The minimum Gasteiger partial charge on any atom is -0.356 e. The molecule has 0 aliphatic heterocycles. The van der Waals surface area contributed by atoms with E-state index in [9.17, 15) is 4.79 Å². The van der Waals surface area contributed by atoms with Crippen LogP contribution in [0, 0.1) is 5.92 Å². The van der Waals surface area contributed by atoms with Crippen molar-refractivity contribution in [2.24, 2.45) is 11.7 Å². The van der Waals surface area contributed by atoms with Gasteiger partial charge in [-0.1, -0.05) is 26.7 Å². The van der Waals surface area contributed by atoms with Gasteiger partial charge in [0.05, 0.1) is 0 Å². The van der Waals surface area contributed by atoms with Crippen molar-refractivity contribution in [3.63, 3.8) is 0 Å². The second-order valence-electron chi connectivity index (χ2n) is 3.34. The van der Waals surface area contributed by atoms with Crippen molar-refractivity contribution in [3.8, 4) is 0 Å². The van der Waals surface area contributed by atoms with Gasteiger partial charge in [0.1, 0.15) is 0 Å². The van der Waals surface area contributed by atoms with Crippen molar-refractivity contribution in [3.05, 3.63) is 0 Å². The Labute approximate surface area is 81.1 Å². The standard InChI is InChI=1S/C10H22N2O/c1-3-5-6-7-12-10(13)9(4-2)8-11/h9H,3-8,11H2,1-2H3,(H,12,13). The van der Waals surface area contributed by atoms with Crippen LogP contribution in [0.1, 0.15) is 39.5 Å². The van der Waals surface area contributed by atoms with Crippen molar-refractivity contribution in [2.75, 3.05) is 13.1 Å². The maximum atomic E-state index is 11.4.